The third-order valence-electron chi connectivity index (χ3n) is 3.36. The molecule has 0 spiro atoms. The third-order valence-corrected chi connectivity index (χ3v) is 4.66. The smallest absolute Gasteiger partial charge is 0.203 e. The lowest BCUT2D eigenvalue weighted by Gasteiger charge is -2.19. The second kappa shape index (κ2) is 7.99. The molecule has 23 heavy (non-hydrogen) atoms. The van der Waals surface area contributed by atoms with Crippen LogP contribution in [-0.2, 0) is 0 Å². The number of aromatic hydroxyl groups is 1. The van der Waals surface area contributed by atoms with Crippen LogP contribution in [0.15, 0.2) is 41.3 Å². The van der Waals surface area contributed by atoms with Gasteiger partial charge in [-0.05, 0) is 29.8 Å². The summed E-state index contributed by atoms with van der Waals surface area (Å²) in [6.07, 6.45) is 0. The van der Waals surface area contributed by atoms with Gasteiger partial charge in [-0.1, -0.05) is 12.1 Å². The Morgan fingerprint density at radius 2 is 1.61 bits per heavy atom. The first-order chi connectivity index (χ1) is 11.1. The van der Waals surface area contributed by atoms with Gasteiger partial charge < -0.3 is 24.4 Å². The van der Waals surface area contributed by atoms with Gasteiger partial charge in [-0.15, -0.1) is 11.8 Å². The van der Waals surface area contributed by atoms with E-state index in [1.807, 2.05) is 6.07 Å². The number of phenols is 1. The number of aliphatic hydroxyl groups is 1. The van der Waals surface area contributed by atoms with Crippen LogP contribution in [0, 0.1) is 0 Å². The number of methoxy groups -OCH3 is 3. The summed E-state index contributed by atoms with van der Waals surface area (Å²) in [5.74, 6) is 1.74. The third kappa shape index (κ3) is 3.83. The van der Waals surface area contributed by atoms with Crippen LogP contribution in [0.3, 0.4) is 0 Å². The molecule has 0 fully saturated rings. The number of hydrogen-bond acceptors (Lipinski definition) is 6. The highest BCUT2D eigenvalue weighted by Crippen LogP contribution is 2.45. The summed E-state index contributed by atoms with van der Waals surface area (Å²) in [6.45, 7) is -0.0996. The SMILES string of the molecule is COc1cc(C(CO)Sc2ccccc2O)cc(OC)c1OC. The van der Waals surface area contributed by atoms with E-state index < -0.39 is 0 Å². The fraction of sp³-hybridized carbons (Fsp3) is 0.294. The van der Waals surface area contributed by atoms with Crippen LogP contribution in [0.5, 0.6) is 23.0 Å². The highest BCUT2D eigenvalue weighted by atomic mass is 32.2. The summed E-state index contributed by atoms with van der Waals surface area (Å²) < 4.78 is 16.0. The van der Waals surface area contributed by atoms with Crippen LogP contribution in [0.2, 0.25) is 0 Å². The zero-order chi connectivity index (χ0) is 16.8. The molecular formula is C17H20O5S. The summed E-state index contributed by atoms with van der Waals surface area (Å²) in [5, 5.41) is 19.4. The summed E-state index contributed by atoms with van der Waals surface area (Å²) >= 11 is 1.37. The van der Waals surface area contributed by atoms with Gasteiger partial charge in [0.1, 0.15) is 5.75 Å². The molecule has 0 aliphatic rings. The quantitative estimate of drug-likeness (QED) is 0.757. The Kier molecular flexibility index (Phi) is 6.01. The number of para-hydroxylation sites is 1. The van der Waals surface area contributed by atoms with Crippen LogP contribution in [0.1, 0.15) is 10.8 Å². The Morgan fingerprint density at radius 3 is 2.09 bits per heavy atom. The fourth-order valence-electron chi connectivity index (χ4n) is 2.21. The average molecular weight is 336 g/mol. The first kappa shape index (κ1) is 17.3. The minimum atomic E-state index is -0.281. The van der Waals surface area contributed by atoms with E-state index in [0.717, 1.165) is 5.56 Å². The minimum Gasteiger partial charge on any atom is -0.507 e. The van der Waals surface area contributed by atoms with Crippen molar-refractivity contribution in [2.24, 2.45) is 0 Å². The van der Waals surface area contributed by atoms with E-state index in [9.17, 15) is 10.2 Å². The predicted octanol–water partition coefficient (Wildman–Crippen LogP) is 3.24. The molecule has 0 radical (unpaired) electrons. The molecule has 2 aromatic carbocycles. The maximum atomic E-state index is 9.91. The first-order valence-corrected chi connectivity index (χ1v) is 7.88. The number of rotatable bonds is 7. The van der Waals surface area contributed by atoms with Gasteiger partial charge in [0.15, 0.2) is 11.5 Å². The van der Waals surface area contributed by atoms with E-state index in [1.54, 1.807) is 51.7 Å². The Labute approximate surface area is 139 Å². The van der Waals surface area contributed by atoms with Crippen LogP contribution in [0.25, 0.3) is 0 Å². The molecule has 0 aromatic heterocycles. The molecule has 0 saturated heterocycles. The lowest BCUT2D eigenvalue weighted by molar-refractivity contribution is 0.294. The maximum Gasteiger partial charge on any atom is 0.203 e. The Bertz CT molecular complexity index is 634. The van der Waals surface area contributed by atoms with E-state index in [-0.39, 0.29) is 17.6 Å². The second-order valence-corrected chi connectivity index (χ2v) is 5.96. The van der Waals surface area contributed by atoms with Crippen LogP contribution in [0.4, 0.5) is 0 Å². The molecule has 124 valence electrons. The van der Waals surface area contributed by atoms with Gasteiger partial charge in [0.25, 0.3) is 0 Å². The largest absolute Gasteiger partial charge is 0.507 e. The van der Waals surface area contributed by atoms with E-state index in [1.165, 1.54) is 11.8 Å². The molecular weight excluding hydrogens is 316 g/mol. The van der Waals surface area contributed by atoms with Gasteiger partial charge in [0.05, 0.1) is 33.2 Å². The highest BCUT2D eigenvalue weighted by molar-refractivity contribution is 7.99. The Hall–Kier alpha value is -2.05. The van der Waals surface area contributed by atoms with Crippen molar-refractivity contribution in [3.05, 3.63) is 42.0 Å². The van der Waals surface area contributed by atoms with Gasteiger partial charge >= 0.3 is 0 Å². The van der Waals surface area contributed by atoms with Crippen molar-refractivity contribution in [2.75, 3.05) is 27.9 Å². The minimum absolute atomic E-state index is 0.0996. The molecule has 5 nitrogen and oxygen atoms in total. The molecule has 1 unspecified atom stereocenters. The number of thioether (sulfide) groups is 1. The fourth-order valence-corrected chi connectivity index (χ4v) is 3.21. The molecule has 1 atom stereocenters. The Balaban J connectivity index is 2.39. The summed E-state index contributed by atoms with van der Waals surface area (Å²) in [6, 6.07) is 10.6. The number of aliphatic hydroxyl groups excluding tert-OH is 1. The van der Waals surface area contributed by atoms with Gasteiger partial charge in [0, 0.05) is 4.90 Å². The second-order valence-electron chi connectivity index (χ2n) is 4.72. The Morgan fingerprint density at radius 1 is 1.00 bits per heavy atom. The molecule has 0 saturated carbocycles. The summed E-state index contributed by atoms with van der Waals surface area (Å²) in [5.41, 5.74) is 0.815. The van der Waals surface area contributed by atoms with Crippen LogP contribution < -0.4 is 14.2 Å². The lowest BCUT2D eigenvalue weighted by Crippen LogP contribution is -2.03. The van der Waals surface area contributed by atoms with Crippen molar-refractivity contribution in [1.82, 2.24) is 0 Å². The molecule has 0 aliphatic carbocycles. The number of benzene rings is 2. The van der Waals surface area contributed by atoms with Crippen molar-refractivity contribution >= 4 is 11.8 Å². The standard InChI is InChI=1S/C17H20O5S/c1-20-13-8-11(9-14(21-2)17(13)22-3)16(10-18)23-15-7-5-4-6-12(15)19/h4-9,16,18-19H,10H2,1-3H3. The zero-order valence-electron chi connectivity index (χ0n) is 13.3. The predicted molar refractivity (Wildman–Crippen MR) is 89.9 cm³/mol. The normalized spacial score (nSPS) is 11.8. The maximum absolute atomic E-state index is 9.91. The summed E-state index contributed by atoms with van der Waals surface area (Å²) in [4.78, 5) is 0.695. The molecule has 0 bridgehead atoms. The number of hydrogen-bond donors (Lipinski definition) is 2. The molecule has 0 aliphatic heterocycles. The van der Waals surface area contributed by atoms with Crippen molar-refractivity contribution in [1.29, 1.82) is 0 Å². The van der Waals surface area contributed by atoms with Crippen molar-refractivity contribution in [3.63, 3.8) is 0 Å². The molecule has 0 heterocycles. The number of phenolic OH excluding ortho intramolecular Hbond substituents is 1. The van der Waals surface area contributed by atoms with Crippen LogP contribution in [-0.4, -0.2) is 38.1 Å². The molecule has 2 rings (SSSR count). The lowest BCUT2D eigenvalue weighted by atomic mass is 10.1. The zero-order valence-corrected chi connectivity index (χ0v) is 14.1. The van der Waals surface area contributed by atoms with Gasteiger partial charge in [-0.25, -0.2) is 0 Å². The molecule has 0 amide bonds. The average Bonchev–Trinajstić information content (AvgIpc) is 2.59. The highest BCUT2D eigenvalue weighted by Gasteiger charge is 2.20. The molecule has 2 aromatic rings. The van der Waals surface area contributed by atoms with Crippen molar-refractivity contribution in [2.45, 2.75) is 10.1 Å². The van der Waals surface area contributed by atoms with Crippen molar-refractivity contribution < 1.29 is 24.4 Å². The summed E-state index contributed by atoms with van der Waals surface area (Å²) in [7, 11) is 4.64. The van der Waals surface area contributed by atoms with Crippen LogP contribution >= 0.6 is 11.8 Å². The van der Waals surface area contributed by atoms with Gasteiger partial charge in [0.2, 0.25) is 5.75 Å². The molecule has 6 heteroatoms. The van der Waals surface area contributed by atoms with E-state index in [0.29, 0.717) is 22.1 Å². The van der Waals surface area contributed by atoms with Crippen molar-refractivity contribution in [3.8, 4) is 23.0 Å². The molecule has 2 N–H and O–H groups in total. The van der Waals surface area contributed by atoms with E-state index >= 15 is 0 Å². The van der Waals surface area contributed by atoms with Gasteiger partial charge in [-0.3, -0.25) is 0 Å². The first-order valence-electron chi connectivity index (χ1n) is 7.00. The van der Waals surface area contributed by atoms with Gasteiger partial charge in [-0.2, -0.15) is 0 Å². The van der Waals surface area contributed by atoms with E-state index in [2.05, 4.69) is 0 Å². The van der Waals surface area contributed by atoms with E-state index in [4.69, 9.17) is 14.2 Å². The number of ether oxygens (including phenoxy) is 3. The topological polar surface area (TPSA) is 68.2 Å². The monoisotopic (exact) mass is 336 g/mol.